The first-order chi connectivity index (χ1) is 13.4. The Balaban J connectivity index is 4.69. The highest BCUT2D eigenvalue weighted by Crippen LogP contribution is 2.14. The van der Waals surface area contributed by atoms with Crippen molar-refractivity contribution in [3.8, 4) is 0 Å². The summed E-state index contributed by atoms with van der Waals surface area (Å²) in [5.74, 6) is -1.25. The van der Waals surface area contributed by atoms with Crippen LogP contribution in [0, 0.1) is 0 Å². The second-order valence-corrected chi connectivity index (χ2v) is 10.4. The number of esters is 3. The summed E-state index contributed by atoms with van der Waals surface area (Å²) in [5.41, 5.74) is 4.08. The minimum atomic E-state index is -0.729. The lowest BCUT2D eigenvalue weighted by Gasteiger charge is -2.25. The summed E-state index contributed by atoms with van der Waals surface area (Å²) in [7, 11) is 0. The molecule has 0 aromatic heterocycles. The Kier molecular flexibility index (Phi) is 11.0. The minimum Gasteiger partial charge on any atom is -0.460 e. The molecule has 8 nitrogen and oxygen atoms in total. The molecule has 3 N–H and O–H groups in total. The maximum absolute atomic E-state index is 12.5. The lowest BCUT2D eigenvalue weighted by molar-refractivity contribution is -0.159. The first-order valence-electron chi connectivity index (χ1n) is 10.6. The van der Waals surface area contributed by atoms with Crippen molar-refractivity contribution < 1.29 is 28.6 Å². The van der Waals surface area contributed by atoms with Gasteiger partial charge >= 0.3 is 17.9 Å². The highest BCUT2D eigenvalue weighted by molar-refractivity contribution is 5.78. The van der Waals surface area contributed by atoms with Gasteiger partial charge in [0.15, 0.2) is 0 Å². The number of hydrogen-bond donors (Lipinski definition) is 2. The Morgan fingerprint density at radius 1 is 0.767 bits per heavy atom. The number of ether oxygens (including phenoxy) is 3. The molecule has 0 fully saturated rings. The van der Waals surface area contributed by atoms with Gasteiger partial charge in [-0.05, 0) is 88.1 Å². The van der Waals surface area contributed by atoms with Crippen molar-refractivity contribution in [3.05, 3.63) is 0 Å². The molecule has 176 valence electrons. The first-order valence-corrected chi connectivity index (χ1v) is 10.6. The van der Waals surface area contributed by atoms with Crippen LogP contribution in [0.2, 0.25) is 0 Å². The minimum absolute atomic E-state index is 0.0889. The summed E-state index contributed by atoms with van der Waals surface area (Å²) in [6, 6.07) is -1.39. The Hall–Kier alpha value is -1.67. The molecular formula is C22H42N2O6. The van der Waals surface area contributed by atoms with Crippen molar-refractivity contribution in [2.45, 2.75) is 117 Å². The third-order valence-corrected chi connectivity index (χ3v) is 3.54. The smallest absolute Gasteiger partial charge is 0.323 e. The van der Waals surface area contributed by atoms with E-state index in [4.69, 9.17) is 19.9 Å². The number of rotatable bonds is 10. The zero-order valence-electron chi connectivity index (χ0n) is 20.2. The van der Waals surface area contributed by atoms with E-state index in [0.29, 0.717) is 19.4 Å². The van der Waals surface area contributed by atoms with Crippen LogP contribution in [0.25, 0.3) is 0 Å². The van der Waals surface area contributed by atoms with E-state index >= 15 is 0 Å². The molecule has 0 bridgehead atoms. The second kappa shape index (κ2) is 11.6. The number of hydrogen-bond acceptors (Lipinski definition) is 8. The van der Waals surface area contributed by atoms with Crippen molar-refractivity contribution in [1.29, 1.82) is 0 Å². The van der Waals surface area contributed by atoms with Crippen LogP contribution < -0.4 is 11.1 Å². The number of carbonyl (C=O) groups is 3. The summed E-state index contributed by atoms with van der Waals surface area (Å²) >= 11 is 0. The number of nitrogens with two attached hydrogens (primary N) is 1. The lowest BCUT2D eigenvalue weighted by Crippen LogP contribution is -2.43. The molecule has 30 heavy (non-hydrogen) atoms. The van der Waals surface area contributed by atoms with Gasteiger partial charge in [-0.25, -0.2) is 0 Å². The number of nitrogens with one attached hydrogen (secondary N) is 1. The van der Waals surface area contributed by atoms with Gasteiger partial charge in [0.25, 0.3) is 0 Å². The third kappa shape index (κ3) is 15.2. The average molecular weight is 431 g/mol. The summed E-state index contributed by atoms with van der Waals surface area (Å²) in [5, 5.41) is 3.11. The molecule has 0 aliphatic carbocycles. The molecule has 8 heteroatoms. The summed E-state index contributed by atoms with van der Waals surface area (Å²) < 4.78 is 16.0. The van der Waals surface area contributed by atoms with Gasteiger partial charge in [-0.1, -0.05) is 0 Å². The van der Waals surface area contributed by atoms with Crippen LogP contribution in [0.4, 0.5) is 0 Å². The molecule has 0 unspecified atom stereocenters. The zero-order chi connectivity index (χ0) is 23.8. The third-order valence-electron chi connectivity index (χ3n) is 3.54. The van der Waals surface area contributed by atoms with E-state index in [9.17, 15) is 14.4 Å². The van der Waals surface area contributed by atoms with Gasteiger partial charge in [-0.3, -0.25) is 14.4 Å². The molecule has 2 atom stereocenters. The van der Waals surface area contributed by atoms with Gasteiger partial charge in [-0.2, -0.15) is 0 Å². The van der Waals surface area contributed by atoms with Crippen molar-refractivity contribution in [2.75, 3.05) is 6.54 Å². The van der Waals surface area contributed by atoms with Crippen LogP contribution in [-0.4, -0.2) is 53.3 Å². The van der Waals surface area contributed by atoms with Gasteiger partial charge in [-0.15, -0.1) is 0 Å². The van der Waals surface area contributed by atoms with Crippen LogP contribution in [0.5, 0.6) is 0 Å². The normalized spacial score (nSPS) is 14.6. The molecule has 0 aliphatic heterocycles. The van der Waals surface area contributed by atoms with Gasteiger partial charge < -0.3 is 25.3 Å². The fourth-order valence-corrected chi connectivity index (χ4v) is 2.42. The highest BCUT2D eigenvalue weighted by atomic mass is 16.6. The van der Waals surface area contributed by atoms with E-state index < -0.39 is 40.8 Å². The predicted octanol–water partition coefficient (Wildman–Crippen LogP) is 2.86. The van der Waals surface area contributed by atoms with Crippen molar-refractivity contribution in [1.82, 2.24) is 5.32 Å². The van der Waals surface area contributed by atoms with E-state index in [2.05, 4.69) is 5.32 Å². The van der Waals surface area contributed by atoms with Gasteiger partial charge in [0.2, 0.25) is 0 Å². The van der Waals surface area contributed by atoms with E-state index in [1.165, 1.54) is 0 Å². The van der Waals surface area contributed by atoms with E-state index in [1.807, 2.05) is 0 Å². The topological polar surface area (TPSA) is 117 Å². The summed E-state index contributed by atoms with van der Waals surface area (Å²) in [4.78, 5) is 36.5. The molecular weight excluding hydrogens is 388 g/mol. The van der Waals surface area contributed by atoms with Gasteiger partial charge in [0.1, 0.15) is 28.9 Å². The van der Waals surface area contributed by atoms with Crippen molar-refractivity contribution in [2.24, 2.45) is 5.73 Å². The zero-order valence-corrected chi connectivity index (χ0v) is 20.2. The largest absolute Gasteiger partial charge is 0.460 e. The molecule has 0 spiro atoms. The first kappa shape index (κ1) is 28.3. The molecule has 0 radical (unpaired) electrons. The van der Waals surface area contributed by atoms with E-state index in [0.717, 1.165) is 0 Å². The quantitative estimate of drug-likeness (QED) is 0.309. The Labute approximate surface area is 181 Å². The molecule has 0 aromatic carbocycles. The Bertz CT molecular complexity index is 570. The molecule has 0 aromatic rings. The van der Waals surface area contributed by atoms with E-state index in [1.54, 1.807) is 62.3 Å². The molecule has 0 saturated carbocycles. The fourth-order valence-electron chi connectivity index (χ4n) is 2.42. The molecule has 0 heterocycles. The maximum Gasteiger partial charge on any atom is 0.323 e. The lowest BCUT2D eigenvalue weighted by atomic mass is 10.1. The number of carbonyl (C=O) groups excluding carboxylic acids is 3. The summed E-state index contributed by atoms with van der Waals surface area (Å²) in [6.07, 6.45) is 1.31. The van der Waals surface area contributed by atoms with Crippen LogP contribution in [0.15, 0.2) is 0 Å². The van der Waals surface area contributed by atoms with Crippen LogP contribution >= 0.6 is 0 Å². The van der Waals surface area contributed by atoms with Crippen LogP contribution in [0.1, 0.15) is 88.0 Å². The van der Waals surface area contributed by atoms with Gasteiger partial charge in [0.05, 0.1) is 0 Å². The SMILES string of the molecule is CC(C)(C)OC(=O)CC[C@H](NCCC[C@H](N)C(=O)OC(C)(C)C)C(=O)OC(C)(C)C. The molecule has 0 rings (SSSR count). The van der Waals surface area contributed by atoms with Crippen molar-refractivity contribution >= 4 is 17.9 Å². The van der Waals surface area contributed by atoms with Crippen LogP contribution in [-0.2, 0) is 28.6 Å². The van der Waals surface area contributed by atoms with Gasteiger partial charge in [0, 0.05) is 6.42 Å². The molecule has 0 aliphatic rings. The predicted molar refractivity (Wildman–Crippen MR) is 116 cm³/mol. The van der Waals surface area contributed by atoms with Crippen LogP contribution in [0.3, 0.4) is 0 Å². The summed E-state index contributed by atoms with van der Waals surface area (Å²) in [6.45, 7) is 16.5. The molecule has 0 saturated heterocycles. The Morgan fingerprint density at radius 2 is 1.23 bits per heavy atom. The highest BCUT2D eigenvalue weighted by Gasteiger charge is 2.27. The fraction of sp³-hybridized carbons (Fsp3) is 0.864. The standard InChI is InChI=1S/C22H42N2O6/c1-20(2,3)28-17(25)13-12-16(19(27)30-22(7,8)9)24-14-10-11-15(23)18(26)29-21(4,5)6/h15-16,24H,10-14,23H2,1-9H3/t15-,16-/m0/s1. The van der Waals surface area contributed by atoms with Crippen molar-refractivity contribution in [3.63, 3.8) is 0 Å². The Morgan fingerprint density at radius 3 is 1.70 bits per heavy atom. The average Bonchev–Trinajstić information content (AvgIpc) is 2.48. The monoisotopic (exact) mass is 430 g/mol. The van der Waals surface area contributed by atoms with E-state index in [-0.39, 0.29) is 18.8 Å². The maximum atomic E-state index is 12.5. The molecule has 0 amide bonds. The second-order valence-electron chi connectivity index (χ2n) is 10.4.